The summed E-state index contributed by atoms with van der Waals surface area (Å²) in [7, 11) is 0. The van der Waals surface area contributed by atoms with E-state index in [1.807, 2.05) is 12.1 Å². The number of hydrogen-bond donors (Lipinski definition) is 1. The molecule has 1 atom stereocenters. The molecule has 1 aliphatic heterocycles. The average molecular weight is 209 g/mol. The molecule has 1 heterocycles. The van der Waals surface area contributed by atoms with Crippen LogP contribution in [-0.2, 0) is 6.67 Å². The van der Waals surface area contributed by atoms with Crippen molar-refractivity contribution in [3.63, 3.8) is 0 Å². The average Bonchev–Trinajstić information content (AvgIpc) is 2.31. The molecule has 2 nitrogen and oxygen atoms in total. The van der Waals surface area contributed by atoms with Crippen LogP contribution in [0.1, 0.15) is 18.4 Å². The summed E-state index contributed by atoms with van der Waals surface area (Å²) in [5.41, 5.74) is 0.698. The summed E-state index contributed by atoms with van der Waals surface area (Å²) in [6, 6.07) is 7.21. The Balaban J connectivity index is 1.91. The molecule has 82 valence electrons. The van der Waals surface area contributed by atoms with Crippen LogP contribution < -0.4 is 10.1 Å². The molecule has 0 spiro atoms. The highest BCUT2D eigenvalue weighted by Gasteiger charge is 2.13. The van der Waals surface area contributed by atoms with Crippen molar-refractivity contribution >= 4 is 0 Å². The smallest absolute Gasteiger partial charge is 0.119 e. The SMILES string of the molecule is FCc1ccc(OC2CCCNC2)cc1. The van der Waals surface area contributed by atoms with Crippen LogP contribution in [0, 0.1) is 0 Å². The summed E-state index contributed by atoms with van der Waals surface area (Å²) in [5, 5.41) is 3.29. The summed E-state index contributed by atoms with van der Waals surface area (Å²) in [5.74, 6) is 0.834. The highest BCUT2D eigenvalue weighted by molar-refractivity contribution is 5.27. The van der Waals surface area contributed by atoms with Gasteiger partial charge < -0.3 is 10.1 Å². The molecule has 2 rings (SSSR count). The lowest BCUT2D eigenvalue weighted by Gasteiger charge is -2.23. The molecule has 0 amide bonds. The number of hydrogen-bond acceptors (Lipinski definition) is 2. The number of piperidine rings is 1. The van der Waals surface area contributed by atoms with Gasteiger partial charge in [0.05, 0.1) is 0 Å². The second-order valence-corrected chi connectivity index (χ2v) is 3.86. The molecule has 1 saturated heterocycles. The van der Waals surface area contributed by atoms with Crippen molar-refractivity contribution in [1.82, 2.24) is 5.32 Å². The summed E-state index contributed by atoms with van der Waals surface area (Å²) in [4.78, 5) is 0. The van der Waals surface area contributed by atoms with E-state index in [1.54, 1.807) is 12.1 Å². The van der Waals surface area contributed by atoms with Gasteiger partial charge in [-0.3, -0.25) is 0 Å². The largest absolute Gasteiger partial charge is 0.489 e. The molecular formula is C12H16FNO. The molecule has 0 saturated carbocycles. The maximum absolute atomic E-state index is 12.3. The lowest BCUT2D eigenvalue weighted by atomic mass is 10.1. The maximum Gasteiger partial charge on any atom is 0.119 e. The molecular weight excluding hydrogens is 193 g/mol. The van der Waals surface area contributed by atoms with Gasteiger partial charge in [0.15, 0.2) is 0 Å². The molecule has 0 aromatic heterocycles. The molecule has 0 radical (unpaired) electrons. The monoisotopic (exact) mass is 209 g/mol. The van der Waals surface area contributed by atoms with Crippen LogP contribution in [0.25, 0.3) is 0 Å². The molecule has 0 aliphatic carbocycles. The third kappa shape index (κ3) is 2.93. The first kappa shape index (κ1) is 10.4. The number of nitrogens with one attached hydrogen (secondary N) is 1. The Morgan fingerprint density at radius 3 is 2.73 bits per heavy atom. The van der Waals surface area contributed by atoms with E-state index in [-0.39, 0.29) is 6.10 Å². The minimum Gasteiger partial charge on any atom is -0.489 e. The van der Waals surface area contributed by atoms with Crippen LogP contribution in [0.4, 0.5) is 4.39 Å². The first-order valence-electron chi connectivity index (χ1n) is 5.41. The molecule has 1 aromatic rings. The van der Waals surface area contributed by atoms with E-state index in [1.165, 1.54) is 0 Å². The normalized spacial score (nSPS) is 21.3. The van der Waals surface area contributed by atoms with Gasteiger partial charge in [0.2, 0.25) is 0 Å². The van der Waals surface area contributed by atoms with E-state index >= 15 is 0 Å². The summed E-state index contributed by atoms with van der Waals surface area (Å²) in [6.45, 7) is 1.58. The Kier molecular flexibility index (Phi) is 3.56. The van der Waals surface area contributed by atoms with Gasteiger partial charge in [-0.25, -0.2) is 4.39 Å². The third-order valence-corrected chi connectivity index (χ3v) is 2.63. The standard InChI is InChI=1S/C12H16FNO/c13-8-10-3-5-11(6-4-10)15-12-2-1-7-14-9-12/h3-6,12,14H,1-2,7-9H2. The Labute approximate surface area is 89.4 Å². The summed E-state index contributed by atoms with van der Waals surface area (Å²) in [6.07, 6.45) is 2.51. The van der Waals surface area contributed by atoms with Crippen molar-refractivity contribution in [1.29, 1.82) is 0 Å². The number of alkyl halides is 1. The highest BCUT2D eigenvalue weighted by Crippen LogP contribution is 2.16. The van der Waals surface area contributed by atoms with Gasteiger partial charge in [-0.2, -0.15) is 0 Å². The molecule has 1 aromatic carbocycles. The van der Waals surface area contributed by atoms with Crippen LogP contribution >= 0.6 is 0 Å². The zero-order valence-corrected chi connectivity index (χ0v) is 8.71. The van der Waals surface area contributed by atoms with Crippen molar-refractivity contribution in [3.05, 3.63) is 29.8 Å². The van der Waals surface area contributed by atoms with Gasteiger partial charge in [0.25, 0.3) is 0 Å². The van der Waals surface area contributed by atoms with Crippen LogP contribution in [0.2, 0.25) is 0 Å². The highest BCUT2D eigenvalue weighted by atomic mass is 19.1. The van der Waals surface area contributed by atoms with E-state index in [2.05, 4.69) is 5.32 Å². The first-order valence-corrected chi connectivity index (χ1v) is 5.41. The van der Waals surface area contributed by atoms with E-state index in [0.29, 0.717) is 5.56 Å². The molecule has 15 heavy (non-hydrogen) atoms. The van der Waals surface area contributed by atoms with Crippen LogP contribution in [0.5, 0.6) is 5.75 Å². The molecule has 0 bridgehead atoms. The third-order valence-electron chi connectivity index (χ3n) is 2.63. The van der Waals surface area contributed by atoms with Gasteiger partial charge in [-0.15, -0.1) is 0 Å². The number of halogens is 1. The zero-order valence-electron chi connectivity index (χ0n) is 8.71. The predicted molar refractivity (Wildman–Crippen MR) is 57.8 cm³/mol. The maximum atomic E-state index is 12.3. The van der Waals surface area contributed by atoms with Crippen LogP contribution in [0.15, 0.2) is 24.3 Å². The molecule has 3 heteroatoms. The Morgan fingerprint density at radius 2 is 2.13 bits per heavy atom. The predicted octanol–water partition coefficient (Wildman–Crippen LogP) is 2.29. The fourth-order valence-corrected chi connectivity index (χ4v) is 1.77. The Morgan fingerprint density at radius 1 is 1.33 bits per heavy atom. The van der Waals surface area contributed by atoms with E-state index in [4.69, 9.17) is 4.74 Å². The number of rotatable bonds is 3. The van der Waals surface area contributed by atoms with Gasteiger partial charge in [0, 0.05) is 6.54 Å². The van der Waals surface area contributed by atoms with Crippen LogP contribution in [0.3, 0.4) is 0 Å². The molecule has 1 aliphatic rings. The van der Waals surface area contributed by atoms with E-state index < -0.39 is 6.67 Å². The van der Waals surface area contributed by atoms with Gasteiger partial charge in [0.1, 0.15) is 18.5 Å². The fraction of sp³-hybridized carbons (Fsp3) is 0.500. The van der Waals surface area contributed by atoms with Gasteiger partial charge in [-0.05, 0) is 37.1 Å². The molecule has 1 N–H and O–H groups in total. The second kappa shape index (κ2) is 5.12. The number of benzene rings is 1. The number of ether oxygens (including phenoxy) is 1. The zero-order chi connectivity index (χ0) is 10.5. The minimum absolute atomic E-state index is 0.259. The Hall–Kier alpha value is -1.09. The first-order chi connectivity index (χ1) is 7.38. The fourth-order valence-electron chi connectivity index (χ4n) is 1.77. The van der Waals surface area contributed by atoms with Gasteiger partial charge in [-0.1, -0.05) is 12.1 Å². The lowest BCUT2D eigenvalue weighted by Crippen LogP contribution is -2.37. The van der Waals surface area contributed by atoms with Crippen molar-refractivity contribution in [3.8, 4) is 5.75 Å². The summed E-state index contributed by atoms with van der Waals surface area (Å²) >= 11 is 0. The minimum atomic E-state index is -0.411. The van der Waals surface area contributed by atoms with Crippen molar-refractivity contribution in [2.24, 2.45) is 0 Å². The topological polar surface area (TPSA) is 21.3 Å². The van der Waals surface area contributed by atoms with Crippen molar-refractivity contribution in [2.45, 2.75) is 25.6 Å². The second-order valence-electron chi connectivity index (χ2n) is 3.86. The Bertz CT molecular complexity index is 293. The van der Waals surface area contributed by atoms with Crippen molar-refractivity contribution < 1.29 is 9.13 Å². The van der Waals surface area contributed by atoms with Crippen molar-refractivity contribution in [2.75, 3.05) is 13.1 Å². The summed E-state index contributed by atoms with van der Waals surface area (Å²) < 4.78 is 18.0. The molecule has 1 fully saturated rings. The lowest BCUT2D eigenvalue weighted by molar-refractivity contribution is 0.167. The molecule has 1 unspecified atom stereocenters. The van der Waals surface area contributed by atoms with E-state index in [0.717, 1.165) is 31.7 Å². The van der Waals surface area contributed by atoms with Gasteiger partial charge >= 0.3 is 0 Å². The van der Waals surface area contributed by atoms with Crippen LogP contribution in [-0.4, -0.2) is 19.2 Å². The quantitative estimate of drug-likeness (QED) is 0.824. The van der Waals surface area contributed by atoms with E-state index in [9.17, 15) is 4.39 Å².